The predicted octanol–water partition coefficient (Wildman–Crippen LogP) is -1.76. The van der Waals surface area contributed by atoms with E-state index in [1.54, 1.807) is 0 Å². The number of benzene rings is 1. The van der Waals surface area contributed by atoms with Gasteiger partial charge in [-0.2, -0.15) is 5.10 Å². The maximum Gasteiger partial charge on any atom is 0.488 e. The Balaban J connectivity index is 2.90. The molecule has 0 aliphatic rings. The van der Waals surface area contributed by atoms with Gasteiger partial charge in [-0.15, -0.1) is 0 Å². The minimum atomic E-state index is -1.60. The largest absolute Gasteiger partial charge is 0.507 e. The predicted molar refractivity (Wildman–Crippen MR) is 65.4 cm³/mol. The van der Waals surface area contributed by atoms with Gasteiger partial charge in [0.2, 0.25) is 0 Å². The van der Waals surface area contributed by atoms with Gasteiger partial charge in [0, 0.05) is 5.56 Å². The summed E-state index contributed by atoms with van der Waals surface area (Å²) in [4.78, 5) is 0. The van der Waals surface area contributed by atoms with Gasteiger partial charge in [0.05, 0.1) is 6.21 Å². The number of nitrogens with one attached hydrogen (secondary N) is 1. The van der Waals surface area contributed by atoms with E-state index >= 15 is 0 Å². The molecule has 1 rings (SSSR count). The van der Waals surface area contributed by atoms with Crippen LogP contribution in [0.2, 0.25) is 0 Å². The van der Waals surface area contributed by atoms with Crippen LogP contribution in [0.15, 0.2) is 23.3 Å². The van der Waals surface area contributed by atoms with Crippen LogP contribution in [0.1, 0.15) is 5.56 Å². The standard InChI is InChI=1S/C8H10BN3O3S/c10-8(16)12-11-4-5-3-6(9(14)15)1-2-7(5)13/h1-4,13-15H,(H3,10,12,16). The summed E-state index contributed by atoms with van der Waals surface area (Å²) in [6.45, 7) is 0. The van der Waals surface area contributed by atoms with Crippen LogP contribution >= 0.6 is 12.2 Å². The molecule has 1 aromatic rings. The fraction of sp³-hybridized carbons (Fsp3) is 0. The van der Waals surface area contributed by atoms with Crippen molar-refractivity contribution in [2.45, 2.75) is 0 Å². The molecule has 0 heterocycles. The first kappa shape index (κ1) is 12.4. The molecule has 0 bridgehead atoms. The van der Waals surface area contributed by atoms with Crippen molar-refractivity contribution in [2.75, 3.05) is 0 Å². The summed E-state index contributed by atoms with van der Waals surface area (Å²) in [5, 5.41) is 30.9. The Morgan fingerprint density at radius 2 is 2.19 bits per heavy atom. The number of nitrogens with two attached hydrogens (primary N) is 1. The molecule has 0 aliphatic carbocycles. The third kappa shape index (κ3) is 3.50. The van der Waals surface area contributed by atoms with Crippen LogP contribution in [0.5, 0.6) is 5.75 Å². The number of aromatic hydroxyl groups is 1. The van der Waals surface area contributed by atoms with Crippen molar-refractivity contribution in [3.63, 3.8) is 0 Å². The van der Waals surface area contributed by atoms with Crippen LogP contribution in [0.3, 0.4) is 0 Å². The van der Waals surface area contributed by atoms with E-state index in [-0.39, 0.29) is 16.3 Å². The van der Waals surface area contributed by atoms with Gasteiger partial charge in [0.25, 0.3) is 0 Å². The second-order valence-electron chi connectivity index (χ2n) is 2.93. The molecule has 6 N–H and O–H groups in total. The minimum Gasteiger partial charge on any atom is -0.507 e. The molecule has 0 saturated carbocycles. The van der Waals surface area contributed by atoms with Gasteiger partial charge in [0.15, 0.2) is 5.11 Å². The molecule has 0 aromatic heterocycles. The first-order valence-electron chi connectivity index (χ1n) is 4.28. The molecule has 0 amide bonds. The second kappa shape index (κ2) is 5.45. The number of hydrogen-bond donors (Lipinski definition) is 5. The average molecular weight is 239 g/mol. The first-order valence-corrected chi connectivity index (χ1v) is 4.69. The Labute approximate surface area is 97.6 Å². The molecular formula is C8H10BN3O3S. The maximum atomic E-state index is 9.44. The highest BCUT2D eigenvalue weighted by atomic mass is 32.1. The van der Waals surface area contributed by atoms with E-state index in [0.717, 1.165) is 0 Å². The highest BCUT2D eigenvalue weighted by molar-refractivity contribution is 7.80. The number of hydrogen-bond acceptors (Lipinski definition) is 5. The molecular weight excluding hydrogens is 229 g/mol. The fourth-order valence-electron chi connectivity index (χ4n) is 1.00. The Morgan fingerprint density at radius 3 is 2.75 bits per heavy atom. The van der Waals surface area contributed by atoms with Crippen LogP contribution in [0.25, 0.3) is 0 Å². The third-order valence-electron chi connectivity index (χ3n) is 1.73. The summed E-state index contributed by atoms with van der Waals surface area (Å²) < 4.78 is 0. The lowest BCUT2D eigenvalue weighted by Crippen LogP contribution is -2.30. The van der Waals surface area contributed by atoms with Gasteiger partial charge >= 0.3 is 7.12 Å². The van der Waals surface area contributed by atoms with E-state index in [9.17, 15) is 5.11 Å². The summed E-state index contributed by atoms with van der Waals surface area (Å²) in [5.41, 5.74) is 8.01. The minimum absolute atomic E-state index is 0.00547. The smallest absolute Gasteiger partial charge is 0.488 e. The van der Waals surface area contributed by atoms with Gasteiger partial charge in [-0.05, 0) is 29.8 Å². The Kier molecular flexibility index (Phi) is 4.23. The number of thiocarbonyl (C=S) groups is 1. The van der Waals surface area contributed by atoms with Gasteiger partial charge in [-0.25, -0.2) is 0 Å². The molecule has 0 spiro atoms. The Hall–Kier alpha value is -1.64. The molecule has 0 atom stereocenters. The Morgan fingerprint density at radius 1 is 1.50 bits per heavy atom. The zero-order valence-electron chi connectivity index (χ0n) is 8.16. The fourth-order valence-corrected chi connectivity index (χ4v) is 1.06. The lowest BCUT2D eigenvalue weighted by molar-refractivity contribution is 0.425. The maximum absolute atomic E-state index is 9.44. The molecule has 0 saturated heterocycles. The number of nitrogens with zero attached hydrogens (tertiary/aromatic N) is 1. The van der Waals surface area contributed by atoms with Crippen molar-refractivity contribution in [3.05, 3.63) is 23.8 Å². The third-order valence-corrected chi connectivity index (χ3v) is 1.82. The van der Waals surface area contributed by atoms with Crippen LogP contribution < -0.4 is 16.6 Å². The van der Waals surface area contributed by atoms with Crippen LogP contribution in [-0.2, 0) is 0 Å². The van der Waals surface area contributed by atoms with Crippen molar-refractivity contribution in [2.24, 2.45) is 10.8 Å². The van der Waals surface area contributed by atoms with E-state index in [2.05, 4.69) is 22.7 Å². The van der Waals surface area contributed by atoms with Crippen molar-refractivity contribution >= 4 is 36.1 Å². The van der Waals surface area contributed by atoms with Gasteiger partial charge < -0.3 is 20.9 Å². The van der Waals surface area contributed by atoms with Crippen molar-refractivity contribution in [1.29, 1.82) is 0 Å². The highest BCUT2D eigenvalue weighted by Crippen LogP contribution is 2.11. The molecule has 0 radical (unpaired) electrons. The number of phenols is 1. The van der Waals surface area contributed by atoms with Crippen molar-refractivity contribution in [3.8, 4) is 5.75 Å². The van der Waals surface area contributed by atoms with E-state index < -0.39 is 7.12 Å². The van der Waals surface area contributed by atoms with E-state index in [1.165, 1.54) is 24.4 Å². The molecule has 0 unspecified atom stereocenters. The monoisotopic (exact) mass is 239 g/mol. The second-order valence-corrected chi connectivity index (χ2v) is 3.37. The summed E-state index contributed by atoms with van der Waals surface area (Å²) in [6, 6.07) is 4.10. The molecule has 0 fully saturated rings. The normalized spacial score (nSPS) is 10.4. The summed E-state index contributed by atoms with van der Waals surface area (Å²) in [5.74, 6) is -0.0436. The zero-order valence-corrected chi connectivity index (χ0v) is 8.98. The quantitative estimate of drug-likeness (QED) is 0.185. The zero-order chi connectivity index (χ0) is 12.1. The molecule has 0 aliphatic heterocycles. The van der Waals surface area contributed by atoms with Crippen molar-refractivity contribution < 1.29 is 15.2 Å². The Bertz CT molecular complexity index is 425. The van der Waals surface area contributed by atoms with Gasteiger partial charge in [0.1, 0.15) is 5.75 Å². The first-order chi connectivity index (χ1) is 7.50. The van der Waals surface area contributed by atoms with Crippen LogP contribution in [0.4, 0.5) is 0 Å². The SMILES string of the molecule is NC(=S)NN=Cc1cc(B(O)O)ccc1O. The van der Waals surface area contributed by atoms with Crippen LogP contribution in [0, 0.1) is 0 Å². The molecule has 1 aromatic carbocycles. The lowest BCUT2D eigenvalue weighted by Gasteiger charge is -2.03. The lowest BCUT2D eigenvalue weighted by atomic mass is 9.79. The van der Waals surface area contributed by atoms with Gasteiger partial charge in [-0.3, -0.25) is 5.43 Å². The van der Waals surface area contributed by atoms with Crippen LogP contribution in [-0.4, -0.2) is 33.6 Å². The number of phenolic OH excluding ortho intramolecular Hbond substituents is 1. The molecule has 16 heavy (non-hydrogen) atoms. The summed E-state index contributed by atoms with van der Waals surface area (Å²) >= 11 is 4.52. The topological polar surface area (TPSA) is 111 Å². The molecule has 6 nitrogen and oxygen atoms in total. The van der Waals surface area contributed by atoms with E-state index in [4.69, 9.17) is 15.8 Å². The van der Waals surface area contributed by atoms with E-state index in [0.29, 0.717) is 5.56 Å². The number of rotatable bonds is 3. The molecule has 8 heteroatoms. The average Bonchev–Trinajstić information content (AvgIpc) is 2.20. The van der Waals surface area contributed by atoms with E-state index in [1.807, 2.05) is 0 Å². The van der Waals surface area contributed by atoms with Crippen molar-refractivity contribution in [1.82, 2.24) is 5.43 Å². The van der Waals surface area contributed by atoms with Gasteiger partial charge in [-0.1, -0.05) is 6.07 Å². The summed E-state index contributed by atoms with van der Waals surface area (Å²) in [6.07, 6.45) is 1.26. The molecule has 84 valence electrons. The summed E-state index contributed by atoms with van der Waals surface area (Å²) in [7, 11) is -1.60. The number of hydrazone groups is 1. The highest BCUT2D eigenvalue weighted by Gasteiger charge is 2.12.